The van der Waals surface area contributed by atoms with Gasteiger partial charge in [-0.2, -0.15) is 0 Å². The molecule has 5 heteroatoms. The van der Waals surface area contributed by atoms with Gasteiger partial charge in [0.2, 0.25) is 0 Å². The minimum Gasteiger partial charge on any atom is -0.491 e. The van der Waals surface area contributed by atoms with Crippen molar-refractivity contribution in [2.24, 2.45) is 5.92 Å². The number of aliphatic hydroxyl groups is 2. The quantitative estimate of drug-likeness (QED) is 0.607. The predicted octanol–water partition coefficient (Wildman–Crippen LogP) is 2.15. The molecule has 3 N–H and O–H groups in total. The van der Waals surface area contributed by atoms with Crippen molar-refractivity contribution in [3.05, 3.63) is 42.0 Å². The fraction of sp³-hybridized carbons (Fsp3) is 0.438. The minimum atomic E-state index is -0.967. The lowest BCUT2D eigenvalue weighted by Gasteiger charge is -2.21. The van der Waals surface area contributed by atoms with Crippen LogP contribution in [0.3, 0.4) is 0 Å². The van der Waals surface area contributed by atoms with E-state index in [1.165, 1.54) is 0 Å². The molecule has 5 nitrogen and oxygen atoms in total. The second-order valence-electron chi connectivity index (χ2n) is 4.85. The molecule has 0 aliphatic rings. The smallest absolute Gasteiger partial charge is 0.327 e. The van der Waals surface area contributed by atoms with Gasteiger partial charge in [-0.3, -0.25) is 0 Å². The second-order valence-corrected chi connectivity index (χ2v) is 4.85. The minimum absolute atomic E-state index is 0.0395. The van der Waals surface area contributed by atoms with Crippen molar-refractivity contribution in [2.45, 2.75) is 25.9 Å². The van der Waals surface area contributed by atoms with Crippen molar-refractivity contribution >= 4 is 5.97 Å². The molecule has 0 bridgehead atoms. The maximum absolute atomic E-state index is 10.4. The number of aliphatic carboxylic acids is 1. The zero-order valence-electron chi connectivity index (χ0n) is 12.1. The standard InChI is InChI=1S/C16H22O5/c1-12(6-2-5-9-15(18)19)16(20)13-7-3-4-8-14(13)21-11-10-17/h3-5,7-9,12,16-17,20H,2,6,10-11H2,1H3,(H,18,19)/b9-5+/t12-,16+/m0/s1. The number of benzene rings is 1. The summed E-state index contributed by atoms with van der Waals surface area (Å²) in [5, 5.41) is 27.7. The van der Waals surface area contributed by atoms with Crippen LogP contribution in [0.2, 0.25) is 0 Å². The molecule has 0 radical (unpaired) electrons. The summed E-state index contributed by atoms with van der Waals surface area (Å²) in [7, 11) is 0. The molecule has 0 saturated carbocycles. The summed E-state index contributed by atoms with van der Waals surface area (Å²) in [5.74, 6) is -0.444. The predicted molar refractivity (Wildman–Crippen MR) is 79.2 cm³/mol. The Morgan fingerprint density at radius 2 is 2.10 bits per heavy atom. The van der Waals surface area contributed by atoms with E-state index >= 15 is 0 Å². The van der Waals surface area contributed by atoms with Crippen molar-refractivity contribution in [3.63, 3.8) is 0 Å². The van der Waals surface area contributed by atoms with Crippen LogP contribution < -0.4 is 4.74 Å². The molecule has 0 heterocycles. The molecule has 0 aliphatic heterocycles. The fourth-order valence-corrected chi connectivity index (χ4v) is 2.02. The number of ether oxygens (including phenoxy) is 1. The molecule has 1 aromatic carbocycles. The van der Waals surface area contributed by atoms with E-state index in [9.17, 15) is 9.90 Å². The van der Waals surface area contributed by atoms with Gasteiger partial charge in [0.05, 0.1) is 12.7 Å². The van der Waals surface area contributed by atoms with Gasteiger partial charge in [-0.25, -0.2) is 4.79 Å². The van der Waals surface area contributed by atoms with Gasteiger partial charge in [-0.05, 0) is 24.8 Å². The first-order valence-corrected chi connectivity index (χ1v) is 6.96. The van der Waals surface area contributed by atoms with Crippen LogP contribution >= 0.6 is 0 Å². The molecule has 0 spiro atoms. The van der Waals surface area contributed by atoms with Gasteiger partial charge < -0.3 is 20.1 Å². The van der Waals surface area contributed by atoms with E-state index in [1.54, 1.807) is 18.2 Å². The Labute approximate surface area is 124 Å². The number of carbonyl (C=O) groups is 1. The highest BCUT2D eigenvalue weighted by Crippen LogP contribution is 2.32. The first-order valence-electron chi connectivity index (χ1n) is 6.96. The van der Waals surface area contributed by atoms with Crippen LogP contribution in [0.5, 0.6) is 5.75 Å². The number of rotatable bonds is 9. The summed E-state index contributed by atoms with van der Waals surface area (Å²) < 4.78 is 5.41. The van der Waals surface area contributed by atoms with E-state index in [4.69, 9.17) is 14.9 Å². The zero-order chi connectivity index (χ0) is 15.7. The van der Waals surface area contributed by atoms with Crippen molar-refractivity contribution in [3.8, 4) is 5.75 Å². The van der Waals surface area contributed by atoms with E-state index in [0.717, 1.165) is 6.08 Å². The Bertz CT molecular complexity index is 469. The van der Waals surface area contributed by atoms with Gasteiger partial charge in [0.15, 0.2) is 0 Å². The first-order chi connectivity index (χ1) is 10.1. The van der Waals surface area contributed by atoms with Crippen LogP contribution in [-0.2, 0) is 4.79 Å². The fourth-order valence-electron chi connectivity index (χ4n) is 2.02. The van der Waals surface area contributed by atoms with Gasteiger partial charge >= 0.3 is 5.97 Å². The van der Waals surface area contributed by atoms with Crippen LogP contribution in [0.25, 0.3) is 0 Å². The number of allylic oxidation sites excluding steroid dienone is 1. The zero-order valence-corrected chi connectivity index (χ0v) is 12.1. The van der Waals surface area contributed by atoms with Gasteiger partial charge in [0.25, 0.3) is 0 Å². The molecule has 0 aliphatic carbocycles. The van der Waals surface area contributed by atoms with Crippen LogP contribution in [-0.4, -0.2) is 34.5 Å². The van der Waals surface area contributed by atoms with Crippen LogP contribution in [0.4, 0.5) is 0 Å². The van der Waals surface area contributed by atoms with Crippen LogP contribution in [0, 0.1) is 5.92 Å². The van der Waals surface area contributed by atoms with Crippen LogP contribution in [0.1, 0.15) is 31.4 Å². The molecule has 0 amide bonds. The van der Waals surface area contributed by atoms with E-state index in [0.29, 0.717) is 24.2 Å². The Balaban J connectivity index is 2.64. The summed E-state index contributed by atoms with van der Waals surface area (Å²) in [4.78, 5) is 10.4. The third-order valence-electron chi connectivity index (χ3n) is 3.17. The van der Waals surface area contributed by atoms with Gasteiger partial charge in [-0.15, -0.1) is 0 Å². The van der Waals surface area contributed by atoms with Crippen molar-refractivity contribution in [1.82, 2.24) is 0 Å². The Morgan fingerprint density at radius 3 is 2.76 bits per heavy atom. The lowest BCUT2D eigenvalue weighted by molar-refractivity contribution is -0.131. The maximum atomic E-state index is 10.4. The highest BCUT2D eigenvalue weighted by molar-refractivity contribution is 5.79. The third kappa shape index (κ3) is 5.97. The van der Waals surface area contributed by atoms with E-state index < -0.39 is 12.1 Å². The van der Waals surface area contributed by atoms with E-state index in [-0.39, 0.29) is 19.1 Å². The molecule has 1 aromatic rings. The van der Waals surface area contributed by atoms with E-state index in [1.807, 2.05) is 19.1 Å². The number of hydrogen-bond acceptors (Lipinski definition) is 4. The molecule has 0 unspecified atom stereocenters. The summed E-state index contributed by atoms with van der Waals surface area (Å²) >= 11 is 0. The Morgan fingerprint density at radius 1 is 1.38 bits per heavy atom. The van der Waals surface area contributed by atoms with Gasteiger partial charge in [0.1, 0.15) is 12.4 Å². The van der Waals surface area contributed by atoms with E-state index in [2.05, 4.69) is 0 Å². The molecular formula is C16H22O5. The number of para-hydroxylation sites is 1. The Hall–Kier alpha value is -1.85. The molecule has 0 saturated heterocycles. The molecular weight excluding hydrogens is 272 g/mol. The number of aliphatic hydroxyl groups excluding tert-OH is 2. The third-order valence-corrected chi connectivity index (χ3v) is 3.17. The van der Waals surface area contributed by atoms with Crippen LogP contribution in [0.15, 0.2) is 36.4 Å². The molecule has 1 rings (SSSR count). The molecule has 0 aromatic heterocycles. The monoisotopic (exact) mass is 294 g/mol. The Kier molecular flexibility index (Phi) is 7.50. The number of carboxylic acid groups (broad SMARTS) is 1. The number of carboxylic acids is 1. The topological polar surface area (TPSA) is 87.0 Å². The summed E-state index contributed by atoms with van der Waals surface area (Å²) in [6, 6.07) is 7.18. The van der Waals surface area contributed by atoms with Crippen molar-refractivity contribution in [1.29, 1.82) is 0 Å². The summed E-state index contributed by atoms with van der Waals surface area (Å²) in [6.07, 6.45) is 3.25. The molecule has 0 fully saturated rings. The van der Waals surface area contributed by atoms with Crippen molar-refractivity contribution in [2.75, 3.05) is 13.2 Å². The SMILES string of the molecule is C[C@@H](CC/C=C/C(=O)O)[C@@H](O)c1ccccc1OCCO. The lowest BCUT2D eigenvalue weighted by Crippen LogP contribution is -2.12. The molecule has 116 valence electrons. The van der Waals surface area contributed by atoms with Crippen molar-refractivity contribution < 1.29 is 24.9 Å². The highest BCUT2D eigenvalue weighted by atomic mass is 16.5. The van der Waals surface area contributed by atoms with Gasteiger partial charge in [-0.1, -0.05) is 31.2 Å². The largest absolute Gasteiger partial charge is 0.491 e. The molecule has 2 atom stereocenters. The molecule has 21 heavy (non-hydrogen) atoms. The first kappa shape index (κ1) is 17.2. The average molecular weight is 294 g/mol. The summed E-state index contributed by atoms with van der Waals surface area (Å²) in [6.45, 7) is 2.00. The normalized spacial score (nSPS) is 14.0. The number of hydrogen-bond donors (Lipinski definition) is 3. The highest BCUT2D eigenvalue weighted by Gasteiger charge is 2.19. The maximum Gasteiger partial charge on any atom is 0.327 e. The average Bonchev–Trinajstić information content (AvgIpc) is 2.48. The van der Waals surface area contributed by atoms with Gasteiger partial charge in [0, 0.05) is 11.6 Å². The second kappa shape index (κ2) is 9.15. The lowest BCUT2D eigenvalue weighted by atomic mass is 9.92. The summed E-state index contributed by atoms with van der Waals surface area (Å²) in [5.41, 5.74) is 0.681.